The number of thioether (sulfide) groups is 1. The number of carboxylic acids is 1. The van der Waals surface area contributed by atoms with Gasteiger partial charge in [-0.05, 0) is 61.4 Å². The Morgan fingerprint density at radius 2 is 1.87 bits per heavy atom. The van der Waals surface area contributed by atoms with E-state index in [0.717, 1.165) is 15.2 Å². The minimum absolute atomic E-state index is 0.411. The van der Waals surface area contributed by atoms with E-state index in [0.29, 0.717) is 10.0 Å². The van der Waals surface area contributed by atoms with Gasteiger partial charge < -0.3 is 21.1 Å². The fourth-order valence-electron chi connectivity index (χ4n) is 4.31. The number of carbonyl (C=O) groups is 3. The number of aliphatic carboxylic acids is 1. The van der Waals surface area contributed by atoms with E-state index in [1.54, 1.807) is 20.8 Å². The summed E-state index contributed by atoms with van der Waals surface area (Å²) in [4.78, 5) is 39.0. The van der Waals surface area contributed by atoms with Gasteiger partial charge in [-0.15, -0.1) is 11.8 Å². The molecule has 1 unspecified atom stereocenters. The molecule has 2 heterocycles. The monoisotopic (exact) mass is 569 g/mol. The van der Waals surface area contributed by atoms with E-state index < -0.39 is 45.5 Å². The van der Waals surface area contributed by atoms with Crippen molar-refractivity contribution in [3.8, 4) is 0 Å². The van der Waals surface area contributed by atoms with Crippen molar-refractivity contribution in [3.05, 3.63) is 44.8 Å². The van der Waals surface area contributed by atoms with Gasteiger partial charge in [-0.2, -0.15) is 0 Å². The van der Waals surface area contributed by atoms with E-state index in [1.165, 1.54) is 16.7 Å². The van der Waals surface area contributed by atoms with E-state index in [2.05, 4.69) is 37.2 Å². The Morgan fingerprint density at radius 1 is 1.19 bits per heavy atom. The molecule has 4 atom stereocenters. The summed E-state index contributed by atoms with van der Waals surface area (Å²) in [5.74, 6) is -1.96. The van der Waals surface area contributed by atoms with Crippen molar-refractivity contribution in [2.75, 3.05) is 0 Å². The summed E-state index contributed by atoms with van der Waals surface area (Å²) >= 11 is 8.32. The molecule has 4 N–H and O–H groups in total. The molecule has 0 aromatic heterocycles. The van der Waals surface area contributed by atoms with Gasteiger partial charge in [0.2, 0.25) is 5.91 Å². The van der Waals surface area contributed by atoms with E-state index >= 15 is 0 Å². The Hall–Kier alpha value is -1.62. The smallest absolute Gasteiger partial charge is 0.327 e. The van der Waals surface area contributed by atoms with E-state index in [1.807, 2.05) is 30.3 Å². The quantitative estimate of drug-likeness (QED) is 0.486. The number of β-lactam (4-membered cyclic amide) rings is 1. The summed E-state index contributed by atoms with van der Waals surface area (Å²) in [6, 6.07) is 7.60. The molecule has 0 aliphatic carbocycles. The van der Waals surface area contributed by atoms with Gasteiger partial charge >= 0.3 is 5.97 Å². The lowest BCUT2D eigenvalue weighted by molar-refractivity contribution is -0.168. The Morgan fingerprint density at radius 3 is 2.52 bits per heavy atom. The first-order valence-electron chi connectivity index (χ1n) is 9.56. The molecule has 0 bridgehead atoms. The van der Waals surface area contributed by atoms with Crippen LogP contribution in [-0.4, -0.2) is 49.5 Å². The average Bonchev–Trinajstić information content (AvgIpc) is 2.96. The summed E-state index contributed by atoms with van der Waals surface area (Å²) in [6.07, 6.45) is 0. The maximum atomic E-state index is 13.0. The lowest BCUT2D eigenvalue weighted by Gasteiger charge is -2.51. The highest BCUT2D eigenvalue weighted by atomic mass is 79.9. The Labute approximate surface area is 200 Å². The van der Waals surface area contributed by atoms with Gasteiger partial charge in [0.1, 0.15) is 23.0 Å². The number of hydrogen-bond acceptors (Lipinski definition) is 5. The van der Waals surface area contributed by atoms with Crippen molar-refractivity contribution in [2.45, 2.75) is 48.5 Å². The van der Waals surface area contributed by atoms with Crippen LogP contribution in [0.4, 0.5) is 0 Å². The normalized spacial score (nSPS) is 27.5. The second-order valence-corrected chi connectivity index (χ2v) is 12.1. The number of carbonyl (C=O) groups excluding carboxylic acids is 2. The molecule has 2 aromatic carbocycles. The zero-order valence-corrected chi connectivity index (χ0v) is 21.0. The molecule has 4 rings (SSSR count). The van der Waals surface area contributed by atoms with Crippen LogP contribution in [0.1, 0.15) is 32.4 Å². The maximum absolute atomic E-state index is 13.0. The van der Waals surface area contributed by atoms with Crippen LogP contribution in [0.3, 0.4) is 0 Å². The lowest BCUT2D eigenvalue weighted by Crippen LogP contribution is -2.78. The third kappa shape index (κ3) is 3.48. The molecule has 2 saturated heterocycles. The summed E-state index contributed by atoms with van der Waals surface area (Å²) in [7, 11) is 0. The van der Waals surface area contributed by atoms with Crippen LogP contribution in [-0.2, 0) is 14.4 Å². The Balaban J connectivity index is 1.58. The molecule has 164 valence electrons. The van der Waals surface area contributed by atoms with Crippen LogP contribution in [0, 0.1) is 0 Å². The topological polar surface area (TPSA) is 113 Å². The number of nitrogens with zero attached hydrogens (tertiary/aromatic N) is 1. The van der Waals surface area contributed by atoms with Crippen molar-refractivity contribution in [2.24, 2.45) is 5.73 Å². The number of nitrogens with one attached hydrogen (secondary N) is 1. The number of carboxylic acid groups (broad SMARTS) is 1. The third-order valence-corrected chi connectivity index (χ3v) is 8.86. The van der Waals surface area contributed by atoms with Crippen molar-refractivity contribution in [1.29, 1.82) is 0 Å². The fourth-order valence-corrected chi connectivity index (χ4v) is 6.94. The van der Waals surface area contributed by atoms with Crippen LogP contribution in [0.15, 0.2) is 39.3 Å². The number of benzene rings is 2. The van der Waals surface area contributed by atoms with Gasteiger partial charge in [-0.25, -0.2) is 4.79 Å². The number of rotatable bonds is 4. The molecule has 2 aliphatic rings. The molecule has 2 aliphatic heterocycles. The zero-order chi connectivity index (χ0) is 22.9. The fraction of sp³-hybridized carbons (Fsp3) is 0.381. The van der Waals surface area contributed by atoms with Gasteiger partial charge in [0.15, 0.2) is 0 Å². The van der Waals surface area contributed by atoms with Gasteiger partial charge in [0, 0.05) is 13.7 Å². The van der Waals surface area contributed by atoms with Crippen molar-refractivity contribution < 1.29 is 19.5 Å². The molecule has 0 spiro atoms. The van der Waals surface area contributed by atoms with Crippen molar-refractivity contribution in [1.82, 2.24) is 10.2 Å². The zero-order valence-electron chi connectivity index (χ0n) is 17.0. The molecular weight excluding hydrogens is 550 g/mol. The van der Waals surface area contributed by atoms with Gasteiger partial charge in [-0.3, -0.25) is 9.59 Å². The molecule has 2 amide bonds. The number of fused-ring (bicyclic) bond motifs is 2. The second-order valence-electron chi connectivity index (χ2n) is 8.56. The number of hydrogen-bond donors (Lipinski definition) is 3. The highest BCUT2D eigenvalue weighted by Gasteiger charge is 2.70. The first-order valence-corrected chi connectivity index (χ1v) is 12.0. The molecule has 10 heteroatoms. The number of amides is 2. The molecule has 7 nitrogen and oxygen atoms in total. The first-order chi connectivity index (χ1) is 14.4. The van der Waals surface area contributed by atoms with Crippen LogP contribution in [0.2, 0.25) is 0 Å². The first kappa shape index (κ1) is 22.6. The maximum Gasteiger partial charge on any atom is 0.327 e. The standard InChI is InChI=1S/C21H21Br2N3O4S/c1-20(2)15(17(28)29)26-18(30)21(3,19(26)31-20)25-16(27)14(24)12-7-9-4-5-11(22)6-10(9)8-13(12)23/h4-8,14-15,19H,24H2,1-3H3,(H,25,27)(H,28,29)/t14?,15-,19+,21-/m0/s1. The SMILES string of the molecule is CC1(C)S[C@H]2N(C(=O)[C@]2(C)NC(=O)C(N)c2cc3ccc(Br)cc3cc2Br)[C@H]1C(=O)O. The van der Waals surface area contributed by atoms with E-state index in [9.17, 15) is 19.5 Å². The van der Waals surface area contributed by atoms with Crippen LogP contribution < -0.4 is 11.1 Å². The summed E-state index contributed by atoms with van der Waals surface area (Å²) < 4.78 is 0.959. The predicted octanol–water partition coefficient (Wildman–Crippen LogP) is 3.39. The Bertz CT molecular complexity index is 1140. The number of nitrogens with two attached hydrogens (primary N) is 1. The third-order valence-electron chi connectivity index (χ3n) is 5.93. The number of halogens is 2. The van der Waals surface area contributed by atoms with Crippen LogP contribution in [0.5, 0.6) is 0 Å². The summed E-state index contributed by atoms with van der Waals surface area (Å²) in [5, 5.41) is 13.8. The van der Waals surface area contributed by atoms with Crippen molar-refractivity contribution in [3.63, 3.8) is 0 Å². The molecule has 0 radical (unpaired) electrons. The van der Waals surface area contributed by atoms with Gasteiger partial charge in [0.05, 0.1) is 0 Å². The average molecular weight is 571 g/mol. The minimum Gasteiger partial charge on any atom is -0.480 e. The molecule has 0 saturated carbocycles. The van der Waals surface area contributed by atoms with Crippen molar-refractivity contribution >= 4 is 72.2 Å². The minimum atomic E-state index is -1.21. The largest absolute Gasteiger partial charge is 0.480 e. The molecule has 2 fully saturated rings. The van der Waals surface area contributed by atoms with Gasteiger partial charge in [-0.1, -0.05) is 37.9 Å². The van der Waals surface area contributed by atoms with E-state index in [4.69, 9.17) is 5.73 Å². The highest BCUT2D eigenvalue weighted by Crippen LogP contribution is 2.54. The Kier molecular flexibility index (Phi) is 5.44. The van der Waals surface area contributed by atoms with Gasteiger partial charge in [0.25, 0.3) is 5.91 Å². The second kappa shape index (κ2) is 7.47. The van der Waals surface area contributed by atoms with E-state index in [-0.39, 0.29) is 0 Å². The molecule has 2 aromatic rings. The molecular formula is C21H21Br2N3O4S. The summed E-state index contributed by atoms with van der Waals surface area (Å²) in [5.41, 5.74) is 5.67. The molecule has 31 heavy (non-hydrogen) atoms. The lowest BCUT2D eigenvalue weighted by atomic mass is 9.85. The predicted molar refractivity (Wildman–Crippen MR) is 127 cm³/mol. The summed E-state index contributed by atoms with van der Waals surface area (Å²) in [6.45, 7) is 5.21. The highest BCUT2D eigenvalue weighted by molar-refractivity contribution is 9.10. The van der Waals surface area contributed by atoms with Crippen LogP contribution >= 0.6 is 43.6 Å². The van der Waals surface area contributed by atoms with Crippen LogP contribution in [0.25, 0.3) is 10.8 Å².